The van der Waals surface area contributed by atoms with E-state index in [2.05, 4.69) is 43.9 Å². The first-order chi connectivity index (χ1) is 15.6. The normalized spacial score (nSPS) is 14.3. The zero-order chi connectivity index (χ0) is 22.5. The van der Waals surface area contributed by atoms with E-state index in [0.29, 0.717) is 13.0 Å². The number of anilines is 3. The minimum atomic E-state index is 0.113. The molecule has 0 spiro atoms. The summed E-state index contributed by atoms with van der Waals surface area (Å²) in [6.45, 7) is 2.87. The number of carbonyl (C=O) groups excluding carboxylic acids is 1. The Kier molecular flexibility index (Phi) is 7.26. The van der Waals surface area contributed by atoms with Crippen molar-refractivity contribution in [1.82, 2.24) is 14.6 Å². The molecular weight excluding hydrogens is 472 g/mol. The van der Waals surface area contributed by atoms with Crippen molar-refractivity contribution in [3.8, 4) is 0 Å². The molecular formula is C23H29BrN6O2. The number of hydrogen-bond donors (Lipinski definition) is 4. The van der Waals surface area contributed by atoms with Gasteiger partial charge in [0.25, 0.3) is 0 Å². The van der Waals surface area contributed by atoms with Crippen LogP contribution >= 0.6 is 15.9 Å². The zero-order valence-electron chi connectivity index (χ0n) is 18.1. The van der Waals surface area contributed by atoms with Crippen LogP contribution < -0.4 is 16.0 Å². The summed E-state index contributed by atoms with van der Waals surface area (Å²) >= 11 is 3.53. The Labute approximate surface area is 195 Å². The summed E-state index contributed by atoms with van der Waals surface area (Å²) in [6, 6.07) is 9.97. The molecule has 0 radical (unpaired) electrons. The maximum atomic E-state index is 11.9. The van der Waals surface area contributed by atoms with Crippen LogP contribution in [0.2, 0.25) is 0 Å². The fraction of sp³-hybridized carbons (Fsp3) is 0.435. The van der Waals surface area contributed by atoms with Crippen LogP contribution in [0.5, 0.6) is 0 Å². The number of halogens is 1. The molecule has 8 nitrogen and oxygen atoms in total. The van der Waals surface area contributed by atoms with Gasteiger partial charge >= 0.3 is 0 Å². The fourth-order valence-corrected chi connectivity index (χ4v) is 3.97. The van der Waals surface area contributed by atoms with E-state index in [1.54, 1.807) is 10.7 Å². The first-order valence-electron chi connectivity index (χ1n) is 11.1. The number of nitrogens with zero attached hydrogens (tertiary/aromatic N) is 3. The number of benzene rings is 1. The Balaban J connectivity index is 1.47. The smallest absolute Gasteiger partial charge is 0.227 e. The number of aromatic nitrogens is 3. The van der Waals surface area contributed by atoms with Gasteiger partial charge in [-0.05, 0) is 59.3 Å². The fourth-order valence-electron chi connectivity index (χ4n) is 3.63. The van der Waals surface area contributed by atoms with Crippen LogP contribution in [0.3, 0.4) is 0 Å². The highest BCUT2D eigenvalue weighted by atomic mass is 79.9. The summed E-state index contributed by atoms with van der Waals surface area (Å²) in [7, 11) is 0. The Bertz CT molecular complexity index is 1060. The van der Waals surface area contributed by atoms with Crippen molar-refractivity contribution in [1.29, 1.82) is 0 Å². The molecule has 2 heterocycles. The predicted molar refractivity (Wildman–Crippen MR) is 130 cm³/mol. The summed E-state index contributed by atoms with van der Waals surface area (Å²) in [5.74, 6) is 1.86. The number of rotatable bonds is 11. The maximum Gasteiger partial charge on any atom is 0.227 e. The summed E-state index contributed by atoms with van der Waals surface area (Å²) in [6.07, 6.45) is 6.37. The van der Waals surface area contributed by atoms with Crippen LogP contribution in [0, 0.1) is 5.92 Å². The number of nitrogens with one attached hydrogen (secondary N) is 3. The molecule has 1 aromatic carbocycles. The van der Waals surface area contributed by atoms with Crippen molar-refractivity contribution in [3.63, 3.8) is 0 Å². The topological polar surface area (TPSA) is 104 Å². The van der Waals surface area contributed by atoms with Crippen molar-refractivity contribution in [2.45, 2.75) is 51.6 Å². The van der Waals surface area contributed by atoms with Crippen molar-refractivity contribution >= 4 is 44.8 Å². The van der Waals surface area contributed by atoms with E-state index in [9.17, 15) is 9.90 Å². The first kappa shape index (κ1) is 22.5. The van der Waals surface area contributed by atoms with E-state index in [4.69, 9.17) is 4.98 Å². The number of amides is 1. The van der Waals surface area contributed by atoms with Crippen LogP contribution in [-0.2, 0) is 11.3 Å². The summed E-state index contributed by atoms with van der Waals surface area (Å²) in [5, 5.41) is 23.7. The van der Waals surface area contributed by atoms with Gasteiger partial charge in [-0.2, -0.15) is 9.61 Å². The van der Waals surface area contributed by atoms with E-state index in [1.165, 1.54) is 0 Å². The Morgan fingerprint density at radius 2 is 2.06 bits per heavy atom. The Morgan fingerprint density at radius 3 is 2.75 bits per heavy atom. The highest BCUT2D eigenvalue weighted by Gasteiger charge is 2.29. The monoisotopic (exact) mass is 500 g/mol. The van der Waals surface area contributed by atoms with Gasteiger partial charge in [0.2, 0.25) is 5.91 Å². The van der Waals surface area contributed by atoms with E-state index in [-0.39, 0.29) is 24.5 Å². The van der Waals surface area contributed by atoms with Gasteiger partial charge in [0, 0.05) is 36.9 Å². The molecule has 0 saturated heterocycles. The molecule has 1 saturated carbocycles. The molecule has 9 heteroatoms. The molecule has 3 aromatic rings. The van der Waals surface area contributed by atoms with Gasteiger partial charge in [0.15, 0.2) is 5.65 Å². The molecule has 170 valence electrons. The summed E-state index contributed by atoms with van der Waals surface area (Å²) < 4.78 is 2.58. The molecule has 1 aliphatic carbocycles. The van der Waals surface area contributed by atoms with Crippen molar-refractivity contribution in [2.75, 3.05) is 22.6 Å². The van der Waals surface area contributed by atoms with Crippen LogP contribution in [0.4, 0.5) is 17.3 Å². The molecule has 0 unspecified atom stereocenters. The van der Waals surface area contributed by atoms with Gasteiger partial charge in [-0.25, -0.2) is 4.98 Å². The summed E-state index contributed by atoms with van der Waals surface area (Å²) in [5.41, 5.74) is 2.63. The number of hydrogen-bond acceptors (Lipinski definition) is 6. The molecule has 0 bridgehead atoms. The number of carbonyl (C=O) groups is 1. The van der Waals surface area contributed by atoms with E-state index >= 15 is 0 Å². The predicted octanol–water partition coefficient (Wildman–Crippen LogP) is 4.42. The molecule has 1 atom stereocenters. The van der Waals surface area contributed by atoms with Gasteiger partial charge in [0.1, 0.15) is 11.6 Å². The van der Waals surface area contributed by atoms with Gasteiger partial charge < -0.3 is 21.1 Å². The zero-order valence-corrected chi connectivity index (χ0v) is 19.7. The summed E-state index contributed by atoms with van der Waals surface area (Å²) in [4.78, 5) is 16.6. The third-order valence-electron chi connectivity index (χ3n) is 5.54. The number of aliphatic hydroxyl groups is 1. The molecule has 32 heavy (non-hydrogen) atoms. The minimum absolute atomic E-state index is 0.113. The lowest BCUT2D eigenvalue weighted by Crippen LogP contribution is -2.22. The molecule has 1 amide bonds. The van der Waals surface area contributed by atoms with Crippen LogP contribution in [0.1, 0.15) is 44.6 Å². The number of fused-ring (bicyclic) bond motifs is 1. The standard InChI is InChI=1S/C23H29BrN6O2/c1-2-3-17(10-11-31)27-20-12-21(30-22(29-20)19(24)14-26-30)25-13-15-4-8-18(9-5-15)28-23(32)16-6-7-16/h4-5,8-9,12,14,16-17,25,31H,2-3,6-7,10-11,13H2,1H3,(H,27,29)(H,28,32)/t17-/m1/s1. The van der Waals surface area contributed by atoms with E-state index in [0.717, 1.165) is 58.7 Å². The lowest BCUT2D eigenvalue weighted by atomic mass is 10.1. The second kappa shape index (κ2) is 10.3. The third kappa shape index (κ3) is 5.58. The van der Waals surface area contributed by atoms with Crippen molar-refractivity contribution in [2.24, 2.45) is 5.92 Å². The molecule has 1 aliphatic rings. The average molecular weight is 501 g/mol. The molecule has 0 aliphatic heterocycles. The van der Waals surface area contributed by atoms with E-state index in [1.807, 2.05) is 30.3 Å². The average Bonchev–Trinajstić information content (AvgIpc) is 3.57. The van der Waals surface area contributed by atoms with Crippen LogP contribution in [-0.4, -0.2) is 38.3 Å². The molecule has 1 fully saturated rings. The largest absolute Gasteiger partial charge is 0.396 e. The maximum absolute atomic E-state index is 11.9. The SMILES string of the molecule is CCC[C@H](CCO)Nc1cc(NCc2ccc(NC(=O)C3CC3)cc2)n2ncc(Br)c2n1. The second-order valence-electron chi connectivity index (χ2n) is 8.21. The lowest BCUT2D eigenvalue weighted by molar-refractivity contribution is -0.117. The third-order valence-corrected chi connectivity index (χ3v) is 6.10. The Hall–Kier alpha value is -2.65. The van der Waals surface area contributed by atoms with Crippen molar-refractivity contribution < 1.29 is 9.90 Å². The second-order valence-corrected chi connectivity index (χ2v) is 9.07. The van der Waals surface area contributed by atoms with Gasteiger partial charge in [-0.1, -0.05) is 25.5 Å². The molecule has 4 N–H and O–H groups in total. The molecule has 2 aromatic heterocycles. The Morgan fingerprint density at radius 1 is 1.28 bits per heavy atom. The van der Waals surface area contributed by atoms with Gasteiger partial charge in [-0.3, -0.25) is 4.79 Å². The van der Waals surface area contributed by atoms with Crippen molar-refractivity contribution in [3.05, 3.63) is 46.6 Å². The quantitative estimate of drug-likeness (QED) is 0.310. The molecule has 4 rings (SSSR count). The highest BCUT2D eigenvalue weighted by Crippen LogP contribution is 2.30. The minimum Gasteiger partial charge on any atom is -0.396 e. The number of aliphatic hydroxyl groups excluding tert-OH is 1. The van der Waals surface area contributed by atoms with Gasteiger partial charge in [0.05, 0.1) is 10.7 Å². The van der Waals surface area contributed by atoms with Crippen LogP contribution in [0.15, 0.2) is 41.0 Å². The lowest BCUT2D eigenvalue weighted by Gasteiger charge is -2.19. The van der Waals surface area contributed by atoms with Gasteiger partial charge in [-0.15, -0.1) is 0 Å². The van der Waals surface area contributed by atoms with E-state index < -0.39 is 0 Å². The first-order valence-corrected chi connectivity index (χ1v) is 11.9. The van der Waals surface area contributed by atoms with Crippen LogP contribution in [0.25, 0.3) is 5.65 Å². The highest BCUT2D eigenvalue weighted by molar-refractivity contribution is 9.10.